The van der Waals surface area contributed by atoms with Gasteiger partial charge in [-0.1, -0.05) is 12.1 Å². The second kappa shape index (κ2) is 6.99. The minimum Gasteiger partial charge on any atom is -0.507 e. The molecule has 0 aromatic heterocycles. The van der Waals surface area contributed by atoms with E-state index in [1.165, 1.54) is 14.0 Å². The van der Waals surface area contributed by atoms with E-state index in [-0.39, 0.29) is 17.0 Å². The fourth-order valence-electron chi connectivity index (χ4n) is 2.73. The zero-order chi connectivity index (χ0) is 20.5. The number of nitrogens with one attached hydrogen (secondary N) is 1. The summed E-state index contributed by atoms with van der Waals surface area (Å²) in [5.41, 5.74) is -1.08. The first-order valence-electron chi connectivity index (χ1n) is 8.09. The van der Waals surface area contributed by atoms with Crippen LogP contribution >= 0.6 is 0 Å². The molecule has 3 amide bonds. The number of imide groups is 1. The summed E-state index contributed by atoms with van der Waals surface area (Å²) in [6.45, 7) is 1.54. The molecule has 0 aliphatic carbocycles. The SMILES string of the molecule is COc1ccc([C@]2(C)NC(=O)N(/N=C\c3cc([N+](=O)[O-])ccc3O)C2=O)cc1. The summed E-state index contributed by atoms with van der Waals surface area (Å²) in [6.07, 6.45) is 1.01. The van der Waals surface area contributed by atoms with Crippen LogP contribution in [0.5, 0.6) is 11.5 Å². The number of phenolic OH excluding ortho intramolecular Hbond substituents is 1. The highest BCUT2D eigenvalue weighted by molar-refractivity contribution is 6.07. The Balaban J connectivity index is 1.89. The number of ether oxygens (including phenoxy) is 1. The molecule has 1 heterocycles. The summed E-state index contributed by atoms with van der Waals surface area (Å²) < 4.78 is 5.08. The average Bonchev–Trinajstić information content (AvgIpc) is 2.90. The molecular formula is C18H16N4O6. The molecule has 2 aromatic carbocycles. The number of phenols is 1. The first-order chi connectivity index (χ1) is 13.3. The standard InChI is InChI=1S/C18H16N4O6/c1-18(12-3-6-14(28-2)7-4-12)16(24)21(17(25)20-18)19-10-11-9-13(22(26)27)5-8-15(11)23/h3-10,23H,1-2H3,(H,20,25)/b19-10-/t18-/m0/s1. The number of nitro groups is 1. The molecular weight excluding hydrogens is 368 g/mol. The number of amides is 3. The number of nitro benzene ring substituents is 1. The van der Waals surface area contributed by atoms with Crippen LogP contribution in [0.25, 0.3) is 0 Å². The minimum absolute atomic E-state index is 0.00662. The predicted octanol–water partition coefficient (Wildman–Crippen LogP) is 2.11. The topological polar surface area (TPSA) is 134 Å². The Morgan fingerprint density at radius 2 is 1.93 bits per heavy atom. The van der Waals surface area contributed by atoms with Gasteiger partial charge in [0.15, 0.2) is 0 Å². The number of carbonyl (C=O) groups excluding carboxylic acids is 2. The van der Waals surface area contributed by atoms with Gasteiger partial charge in [0.2, 0.25) is 0 Å². The van der Waals surface area contributed by atoms with Crippen LogP contribution in [0, 0.1) is 10.1 Å². The Kier molecular flexibility index (Phi) is 4.70. The van der Waals surface area contributed by atoms with Crippen molar-refractivity contribution in [3.05, 3.63) is 63.7 Å². The molecule has 2 N–H and O–H groups in total. The lowest BCUT2D eigenvalue weighted by Gasteiger charge is -2.21. The maximum Gasteiger partial charge on any atom is 0.346 e. The monoisotopic (exact) mass is 384 g/mol. The van der Waals surface area contributed by atoms with Crippen LogP contribution in [0.3, 0.4) is 0 Å². The summed E-state index contributed by atoms with van der Waals surface area (Å²) in [7, 11) is 1.51. The van der Waals surface area contributed by atoms with Crippen LogP contribution in [-0.2, 0) is 10.3 Å². The Bertz CT molecular complexity index is 988. The number of methoxy groups -OCH3 is 1. The van der Waals surface area contributed by atoms with Gasteiger partial charge in [0.1, 0.15) is 17.0 Å². The number of aromatic hydroxyl groups is 1. The lowest BCUT2D eigenvalue weighted by atomic mass is 9.92. The molecule has 3 rings (SSSR count). The van der Waals surface area contributed by atoms with E-state index < -0.39 is 22.4 Å². The zero-order valence-corrected chi connectivity index (χ0v) is 14.9. The van der Waals surface area contributed by atoms with Crippen LogP contribution in [0.4, 0.5) is 10.5 Å². The second-order valence-corrected chi connectivity index (χ2v) is 6.15. The fourth-order valence-corrected chi connectivity index (χ4v) is 2.73. The molecule has 1 aliphatic rings. The molecule has 0 bridgehead atoms. The fraction of sp³-hybridized carbons (Fsp3) is 0.167. The summed E-state index contributed by atoms with van der Waals surface area (Å²) >= 11 is 0. The van der Waals surface area contributed by atoms with Gasteiger partial charge in [-0.2, -0.15) is 5.10 Å². The Morgan fingerprint density at radius 1 is 1.25 bits per heavy atom. The maximum absolute atomic E-state index is 12.8. The third-order valence-corrected chi connectivity index (χ3v) is 4.37. The van der Waals surface area contributed by atoms with E-state index in [1.54, 1.807) is 24.3 Å². The van der Waals surface area contributed by atoms with Crippen molar-refractivity contribution in [2.75, 3.05) is 7.11 Å². The number of benzene rings is 2. The van der Waals surface area contributed by atoms with Crippen molar-refractivity contribution in [2.24, 2.45) is 5.10 Å². The van der Waals surface area contributed by atoms with Crippen LogP contribution in [-0.4, -0.2) is 40.3 Å². The van der Waals surface area contributed by atoms with Gasteiger partial charge in [0.25, 0.3) is 11.6 Å². The number of hydrogen-bond donors (Lipinski definition) is 2. The summed E-state index contributed by atoms with van der Waals surface area (Å²) in [4.78, 5) is 35.3. The summed E-state index contributed by atoms with van der Waals surface area (Å²) in [6, 6.07) is 9.20. The molecule has 2 aromatic rings. The van der Waals surface area contributed by atoms with Crippen molar-refractivity contribution in [2.45, 2.75) is 12.5 Å². The smallest absolute Gasteiger partial charge is 0.346 e. The Labute approximate surface area is 159 Å². The van der Waals surface area contributed by atoms with Crippen molar-refractivity contribution in [3.63, 3.8) is 0 Å². The van der Waals surface area contributed by atoms with Gasteiger partial charge >= 0.3 is 6.03 Å². The normalized spacial score (nSPS) is 19.1. The maximum atomic E-state index is 12.8. The third kappa shape index (κ3) is 3.22. The van der Waals surface area contributed by atoms with Crippen LogP contribution in [0.15, 0.2) is 47.6 Å². The van der Waals surface area contributed by atoms with E-state index in [0.29, 0.717) is 16.3 Å². The molecule has 1 atom stereocenters. The summed E-state index contributed by atoms with van der Waals surface area (Å²) in [5.74, 6) is -0.316. The number of non-ortho nitro benzene ring substituents is 1. The predicted molar refractivity (Wildman–Crippen MR) is 98.1 cm³/mol. The first kappa shape index (κ1) is 18.8. The highest BCUT2D eigenvalue weighted by Crippen LogP contribution is 2.30. The van der Waals surface area contributed by atoms with E-state index in [0.717, 1.165) is 24.4 Å². The van der Waals surface area contributed by atoms with Gasteiger partial charge in [0, 0.05) is 17.7 Å². The quantitative estimate of drug-likeness (QED) is 0.351. The Hall–Kier alpha value is -3.95. The van der Waals surface area contributed by atoms with Gasteiger partial charge < -0.3 is 15.2 Å². The molecule has 1 saturated heterocycles. The van der Waals surface area contributed by atoms with Crippen molar-refractivity contribution < 1.29 is 24.4 Å². The van der Waals surface area contributed by atoms with Crippen LogP contribution in [0.2, 0.25) is 0 Å². The van der Waals surface area contributed by atoms with E-state index >= 15 is 0 Å². The highest BCUT2D eigenvalue weighted by atomic mass is 16.6. The van der Waals surface area contributed by atoms with E-state index in [4.69, 9.17) is 4.74 Å². The molecule has 1 fully saturated rings. The number of nitrogens with zero attached hydrogens (tertiary/aromatic N) is 3. The molecule has 10 nitrogen and oxygen atoms in total. The van der Waals surface area contributed by atoms with Crippen LogP contribution in [0.1, 0.15) is 18.1 Å². The number of carbonyl (C=O) groups is 2. The lowest BCUT2D eigenvalue weighted by Crippen LogP contribution is -2.40. The number of hydrazone groups is 1. The molecule has 10 heteroatoms. The van der Waals surface area contributed by atoms with Gasteiger partial charge in [-0.15, -0.1) is 5.01 Å². The molecule has 1 aliphatic heterocycles. The second-order valence-electron chi connectivity index (χ2n) is 6.15. The van der Waals surface area contributed by atoms with Crippen molar-refractivity contribution in [1.29, 1.82) is 0 Å². The van der Waals surface area contributed by atoms with E-state index in [2.05, 4.69) is 10.4 Å². The van der Waals surface area contributed by atoms with E-state index in [1.807, 2.05) is 0 Å². The average molecular weight is 384 g/mol. The number of hydrogen-bond acceptors (Lipinski definition) is 7. The number of urea groups is 1. The van der Waals surface area contributed by atoms with Gasteiger partial charge in [-0.25, -0.2) is 4.79 Å². The third-order valence-electron chi connectivity index (χ3n) is 4.37. The summed E-state index contributed by atoms with van der Waals surface area (Å²) in [5, 5.41) is 27.7. The molecule has 28 heavy (non-hydrogen) atoms. The minimum atomic E-state index is -1.34. The van der Waals surface area contributed by atoms with Gasteiger partial charge in [-0.05, 0) is 30.7 Å². The largest absolute Gasteiger partial charge is 0.507 e. The Morgan fingerprint density at radius 3 is 2.54 bits per heavy atom. The molecule has 144 valence electrons. The molecule has 0 unspecified atom stereocenters. The van der Waals surface area contributed by atoms with Gasteiger partial charge in [-0.3, -0.25) is 14.9 Å². The molecule has 0 radical (unpaired) electrons. The van der Waals surface area contributed by atoms with Crippen molar-refractivity contribution in [3.8, 4) is 11.5 Å². The molecule has 0 saturated carbocycles. The molecule has 0 spiro atoms. The lowest BCUT2D eigenvalue weighted by molar-refractivity contribution is -0.384. The van der Waals surface area contributed by atoms with Gasteiger partial charge in [0.05, 0.1) is 18.2 Å². The van der Waals surface area contributed by atoms with Crippen molar-refractivity contribution in [1.82, 2.24) is 10.3 Å². The first-order valence-corrected chi connectivity index (χ1v) is 8.09. The van der Waals surface area contributed by atoms with Crippen molar-refractivity contribution >= 4 is 23.8 Å². The highest BCUT2D eigenvalue weighted by Gasteiger charge is 2.49. The number of rotatable bonds is 5. The van der Waals surface area contributed by atoms with Crippen LogP contribution < -0.4 is 10.1 Å². The van der Waals surface area contributed by atoms with E-state index in [9.17, 15) is 24.8 Å². The zero-order valence-electron chi connectivity index (χ0n) is 14.9.